The number of cyclic esters (lactones) is 1. The number of carbonyl (C=O) groups is 2. The molecule has 1 aliphatic heterocycles. The highest BCUT2D eigenvalue weighted by molar-refractivity contribution is 7.87. The van der Waals surface area contributed by atoms with Crippen molar-refractivity contribution in [2.24, 2.45) is 11.8 Å². The Balaban J connectivity index is 1.81. The van der Waals surface area contributed by atoms with E-state index in [-0.39, 0.29) is 28.7 Å². The number of hydrogen-bond acceptors (Lipinski definition) is 6. The van der Waals surface area contributed by atoms with Gasteiger partial charge in [-0.25, -0.2) is 4.79 Å². The summed E-state index contributed by atoms with van der Waals surface area (Å²) in [7, 11) is -4.22. The van der Waals surface area contributed by atoms with E-state index in [9.17, 15) is 23.1 Å². The van der Waals surface area contributed by atoms with Crippen molar-refractivity contribution in [3.8, 4) is 5.75 Å². The Morgan fingerprint density at radius 3 is 2.44 bits per heavy atom. The topological polar surface area (TPSA) is 107 Å². The monoisotopic (exact) mass is 512 g/mol. The van der Waals surface area contributed by atoms with Gasteiger partial charge < -0.3 is 14.0 Å². The summed E-state index contributed by atoms with van der Waals surface area (Å²) >= 11 is 0. The van der Waals surface area contributed by atoms with Gasteiger partial charge in [0.25, 0.3) is 0 Å². The molecule has 4 rings (SSSR count). The lowest BCUT2D eigenvalue weighted by atomic mass is 9.86. The SMILES string of the molecule is CCc1c(C)c2c(c(OS(=O)(=O)c3ccc(C)cc3)c1CC=C(C)C1CCCC1C(=O)O)C(=O)OC2. The summed E-state index contributed by atoms with van der Waals surface area (Å²) < 4.78 is 37.6. The molecule has 0 spiro atoms. The average Bonchev–Trinajstić information content (AvgIpc) is 3.47. The van der Waals surface area contributed by atoms with Gasteiger partial charge in [-0.15, -0.1) is 0 Å². The van der Waals surface area contributed by atoms with Crippen LogP contribution in [-0.2, 0) is 39.1 Å². The standard InChI is InChI=1S/C28H32O7S/c1-5-20-18(4)24-15-34-28(31)25(24)26(35-36(32,33)19-12-9-16(2)10-13-19)22(20)14-11-17(3)21-7-6-8-23(21)27(29)30/h9-13,21,23H,5-8,14-15H2,1-4H3,(H,29,30). The molecular weight excluding hydrogens is 480 g/mol. The second kappa shape index (κ2) is 10.1. The summed E-state index contributed by atoms with van der Waals surface area (Å²) in [6.07, 6.45) is 5.20. The minimum Gasteiger partial charge on any atom is -0.481 e. The van der Waals surface area contributed by atoms with Crippen molar-refractivity contribution in [3.05, 3.63) is 69.3 Å². The molecule has 36 heavy (non-hydrogen) atoms. The molecule has 2 aromatic carbocycles. The molecule has 0 aromatic heterocycles. The highest BCUT2D eigenvalue weighted by atomic mass is 32.2. The third-order valence-corrected chi connectivity index (χ3v) is 8.76. The first-order valence-corrected chi connectivity index (χ1v) is 13.7. The van der Waals surface area contributed by atoms with Crippen LogP contribution in [0.5, 0.6) is 5.75 Å². The first-order chi connectivity index (χ1) is 17.0. The predicted octanol–water partition coefficient (Wildman–Crippen LogP) is 5.29. The fourth-order valence-electron chi connectivity index (χ4n) is 5.49. The van der Waals surface area contributed by atoms with Crippen molar-refractivity contribution in [3.63, 3.8) is 0 Å². The third kappa shape index (κ3) is 4.78. The molecule has 2 unspecified atom stereocenters. The molecule has 1 heterocycles. The lowest BCUT2D eigenvalue weighted by Crippen LogP contribution is -2.19. The Morgan fingerprint density at radius 2 is 1.81 bits per heavy atom. The van der Waals surface area contributed by atoms with E-state index in [2.05, 4.69) is 0 Å². The number of carboxylic acid groups (broad SMARTS) is 1. The number of rotatable bonds is 8. The molecule has 0 radical (unpaired) electrons. The number of carboxylic acids is 1. The molecule has 0 amide bonds. The smallest absolute Gasteiger partial charge is 0.342 e. The average molecular weight is 513 g/mol. The van der Waals surface area contributed by atoms with Gasteiger partial charge in [-0.3, -0.25) is 4.79 Å². The molecule has 7 nitrogen and oxygen atoms in total. The molecule has 1 fully saturated rings. The predicted molar refractivity (Wildman–Crippen MR) is 135 cm³/mol. The minimum atomic E-state index is -4.22. The Bertz CT molecular complexity index is 1340. The maximum Gasteiger partial charge on any atom is 0.342 e. The molecule has 8 heteroatoms. The number of hydrogen-bond donors (Lipinski definition) is 1. The number of esters is 1. The number of aliphatic carboxylic acids is 1. The molecule has 2 atom stereocenters. The van der Waals surface area contributed by atoms with Gasteiger partial charge in [-0.05, 0) is 75.6 Å². The molecule has 0 bridgehead atoms. The molecular formula is C28H32O7S. The quantitative estimate of drug-likeness (QED) is 0.291. The van der Waals surface area contributed by atoms with Crippen LogP contribution in [0.25, 0.3) is 0 Å². The van der Waals surface area contributed by atoms with Crippen LogP contribution >= 0.6 is 0 Å². The zero-order chi connectivity index (χ0) is 26.2. The second-order valence-corrected chi connectivity index (χ2v) is 11.2. The highest BCUT2D eigenvalue weighted by Gasteiger charge is 2.36. The zero-order valence-corrected chi connectivity index (χ0v) is 21.9. The number of benzene rings is 2. The minimum absolute atomic E-state index is 0.000217. The first-order valence-electron chi connectivity index (χ1n) is 12.3. The second-order valence-electron chi connectivity index (χ2n) is 9.68. The van der Waals surface area contributed by atoms with Gasteiger partial charge in [-0.2, -0.15) is 8.42 Å². The number of aryl methyl sites for hydroxylation is 1. The van der Waals surface area contributed by atoms with E-state index in [1.54, 1.807) is 12.1 Å². The molecule has 192 valence electrons. The number of ether oxygens (including phenoxy) is 1. The van der Waals surface area contributed by atoms with Crippen molar-refractivity contribution in [2.45, 2.75) is 71.3 Å². The Morgan fingerprint density at radius 1 is 1.14 bits per heavy atom. The van der Waals surface area contributed by atoms with Crippen LogP contribution in [0.1, 0.15) is 71.3 Å². The molecule has 1 N–H and O–H groups in total. The summed E-state index contributed by atoms with van der Waals surface area (Å²) in [5.41, 5.74) is 5.09. The largest absolute Gasteiger partial charge is 0.481 e. The van der Waals surface area contributed by atoms with E-state index in [4.69, 9.17) is 8.92 Å². The first kappa shape index (κ1) is 25.9. The summed E-state index contributed by atoms with van der Waals surface area (Å²) in [6.45, 7) is 7.75. The van der Waals surface area contributed by atoms with E-state index in [1.807, 2.05) is 33.8 Å². The lowest BCUT2D eigenvalue weighted by Gasteiger charge is -2.21. The summed E-state index contributed by atoms with van der Waals surface area (Å²) in [5.74, 6) is -1.85. The maximum absolute atomic E-state index is 13.3. The highest BCUT2D eigenvalue weighted by Crippen LogP contribution is 2.42. The normalized spacial score (nSPS) is 19.8. The van der Waals surface area contributed by atoms with Crippen LogP contribution in [-0.4, -0.2) is 25.5 Å². The Kier molecular flexibility index (Phi) is 7.27. The summed E-state index contributed by atoms with van der Waals surface area (Å²) in [6, 6.07) is 6.34. The van der Waals surface area contributed by atoms with E-state index < -0.39 is 28.0 Å². The van der Waals surface area contributed by atoms with Crippen molar-refractivity contribution < 1.29 is 32.0 Å². The van der Waals surface area contributed by atoms with Crippen molar-refractivity contribution in [1.82, 2.24) is 0 Å². The Hall–Kier alpha value is -3.13. The molecule has 1 aliphatic carbocycles. The summed E-state index contributed by atoms with van der Waals surface area (Å²) in [5, 5.41) is 9.60. The fourth-order valence-corrected chi connectivity index (χ4v) is 6.46. The molecule has 2 aliphatic rings. The van der Waals surface area contributed by atoms with Gasteiger partial charge in [-0.1, -0.05) is 42.7 Å². The van der Waals surface area contributed by atoms with E-state index >= 15 is 0 Å². The maximum atomic E-state index is 13.3. The van der Waals surface area contributed by atoms with Crippen LogP contribution in [0.4, 0.5) is 0 Å². The molecule has 1 saturated carbocycles. The number of carbonyl (C=O) groups excluding carboxylic acids is 1. The van der Waals surface area contributed by atoms with Gasteiger partial charge in [0.05, 0.1) is 5.92 Å². The van der Waals surface area contributed by atoms with Gasteiger partial charge >= 0.3 is 22.1 Å². The number of allylic oxidation sites excluding steroid dienone is 2. The zero-order valence-electron chi connectivity index (χ0n) is 21.1. The van der Waals surface area contributed by atoms with Crippen LogP contribution in [0.15, 0.2) is 40.8 Å². The van der Waals surface area contributed by atoms with E-state index in [0.717, 1.165) is 35.1 Å². The van der Waals surface area contributed by atoms with Crippen molar-refractivity contribution >= 4 is 22.1 Å². The van der Waals surface area contributed by atoms with Gasteiger partial charge in [0.1, 0.15) is 17.1 Å². The van der Waals surface area contributed by atoms with Gasteiger partial charge in [0.15, 0.2) is 5.75 Å². The van der Waals surface area contributed by atoms with Crippen LogP contribution < -0.4 is 4.18 Å². The molecule has 0 saturated heterocycles. The van der Waals surface area contributed by atoms with Gasteiger partial charge in [0.2, 0.25) is 0 Å². The van der Waals surface area contributed by atoms with Crippen molar-refractivity contribution in [1.29, 1.82) is 0 Å². The fraction of sp³-hybridized carbons (Fsp3) is 0.429. The van der Waals surface area contributed by atoms with E-state index in [1.165, 1.54) is 12.1 Å². The third-order valence-electron chi connectivity index (χ3n) is 7.53. The number of fused-ring (bicyclic) bond motifs is 1. The molecule has 2 aromatic rings. The van der Waals surface area contributed by atoms with Crippen LogP contribution in [0, 0.1) is 25.7 Å². The van der Waals surface area contributed by atoms with Crippen molar-refractivity contribution in [2.75, 3.05) is 0 Å². The Labute approximate surface area is 212 Å². The summed E-state index contributed by atoms with van der Waals surface area (Å²) in [4.78, 5) is 24.4. The van der Waals surface area contributed by atoms with Crippen LogP contribution in [0.3, 0.4) is 0 Å². The van der Waals surface area contributed by atoms with E-state index in [0.29, 0.717) is 30.4 Å². The van der Waals surface area contributed by atoms with Crippen LogP contribution in [0.2, 0.25) is 0 Å². The lowest BCUT2D eigenvalue weighted by molar-refractivity contribution is -0.142. The van der Waals surface area contributed by atoms with Gasteiger partial charge in [0, 0.05) is 11.1 Å².